The fourth-order valence-electron chi connectivity index (χ4n) is 8.65. The van der Waals surface area contributed by atoms with Gasteiger partial charge in [-0.2, -0.15) is 0 Å². The number of benzene rings is 9. The molecule has 0 aliphatic heterocycles. The van der Waals surface area contributed by atoms with Gasteiger partial charge in [0.1, 0.15) is 0 Å². The molecule has 0 atom stereocenters. The summed E-state index contributed by atoms with van der Waals surface area (Å²) in [4.78, 5) is 4.92. The maximum Gasteiger partial charge on any atom is 0.0661 e. The predicted molar refractivity (Wildman–Crippen MR) is 252 cm³/mol. The number of rotatable bonds is 6. The summed E-state index contributed by atoms with van der Waals surface area (Å²) in [5.74, 6) is 0. The molecule has 0 unspecified atom stereocenters. The first kappa shape index (κ1) is 32.7. The van der Waals surface area contributed by atoms with Crippen LogP contribution in [0.25, 0.3) is 71.3 Å². The second-order valence-corrected chi connectivity index (χ2v) is 17.7. The van der Waals surface area contributed by atoms with Gasteiger partial charge in [-0.15, -0.1) is 34.0 Å². The third-order valence-electron chi connectivity index (χ3n) is 11.2. The lowest BCUT2D eigenvalue weighted by Crippen LogP contribution is -2.13. The Hall–Kier alpha value is -6.50. The highest BCUT2D eigenvalue weighted by Gasteiger charge is 2.24. The predicted octanol–water partition coefficient (Wildman–Crippen LogP) is 16.9. The summed E-state index contributed by atoms with van der Waals surface area (Å²) in [6.07, 6.45) is 0. The van der Waals surface area contributed by atoms with Crippen LogP contribution in [0.5, 0.6) is 0 Å². The van der Waals surface area contributed by atoms with Crippen LogP contribution in [0.15, 0.2) is 194 Å². The van der Waals surface area contributed by atoms with Crippen LogP contribution in [0, 0.1) is 0 Å². The van der Waals surface area contributed by atoms with E-state index in [0.717, 1.165) is 34.1 Å². The maximum absolute atomic E-state index is 2.52. The van der Waals surface area contributed by atoms with Crippen LogP contribution in [0.4, 0.5) is 34.1 Å². The zero-order chi connectivity index (χ0) is 37.5. The monoisotopic (exact) mass is 780 g/mol. The zero-order valence-corrected chi connectivity index (χ0v) is 33.0. The van der Waals surface area contributed by atoms with E-state index in [1.807, 2.05) is 34.0 Å². The third-order valence-corrected chi connectivity index (χ3v) is 14.7. The van der Waals surface area contributed by atoms with Gasteiger partial charge in [0.2, 0.25) is 0 Å². The third kappa shape index (κ3) is 5.28. The van der Waals surface area contributed by atoms with E-state index < -0.39 is 0 Å². The van der Waals surface area contributed by atoms with Crippen LogP contribution in [-0.2, 0) is 0 Å². The van der Waals surface area contributed by atoms with E-state index in [2.05, 4.69) is 204 Å². The van der Waals surface area contributed by atoms with Crippen LogP contribution in [0.1, 0.15) is 0 Å². The van der Waals surface area contributed by atoms with Crippen molar-refractivity contribution in [3.05, 3.63) is 194 Å². The summed E-state index contributed by atoms with van der Waals surface area (Å²) >= 11 is 5.63. The minimum Gasteiger partial charge on any atom is -0.310 e. The molecular formula is C52H32N2S3. The van der Waals surface area contributed by atoms with Crippen molar-refractivity contribution in [3.63, 3.8) is 0 Å². The van der Waals surface area contributed by atoms with Crippen LogP contribution in [-0.4, -0.2) is 0 Å². The Morgan fingerprint density at radius 2 is 0.807 bits per heavy atom. The zero-order valence-electron chi connectivity index (χ0n) is 30.6. The normalized spacial score (nSPS) is 11.9. The summed E-state index contributed by atoms with van der Waals surface area (Å²) in [6, 6.07) is 71.5. The largest absolute Gasteiger partial charge is 0.310 e. The van der Waals surface area contributed by atoms with E-state index in [-0.39, 0.29) is 0 Å². The van der Waals surface area contributed by atoms with Crippen molar-refractivity contribution in [1.29, 1.82) is 0 Å². The van der Waals surface area contributed by atoms with Crippen molar-refractivity contribution in [2.75, 3.05) is 9.80 Å². The molecule has 57 heavy (non-hydrogen) atoms. The van der Waals surface area contributed by atoms with E-state index in [1.54, 1.807) is 0 Å². The Labute approximate surface area is 341 Å². The van der Waals surface area contributed by atoms with Crippen molar-refractivity contribution in [2.45, 2.75) is 0 Å². The van der Waals surface area contributed by atoms with E-state index in [1.165, 1.54) is 71.3 Å². The summed E-state index contributed by atoms with van der Waals surface area (Å²) < 4.78 is 7.74. The summed E-state index contributed by atoms with van der Waals surface area (Å²) in [5.41, 5.74) is 6.78. The number of hydrogen-bond acceptors (Lipinski definition) is 5. The van der Waals surface area contributed by atoms with Crippen LogP contribution >= 0.6 is 34.0 Å². The number of anilines is 6. The topological polar surface area (TPSA) is 6.48 Å². The van der Waals surface area contributed by atoms with E-state index in [4.69, 9.17) is 0 Å². The molecule has 0 N–H and O–H groups in total. The molecule has 0 saturated heterocycles. The maximum atomic E-state index is 2.52. The molecule has 9 aromatic carbocycles. The standard InChI is InChI=1S/C52H32N2S3/c1-3-14-34(15-4-1)53(35-16-5-2-6-17-35)38-29-44-51-39-18-8-7-13-33(39)23-28-48(51)57-52(44)45(30-38)54(36-24-26-42-40-19-9-11-21-46(40)55-49(42)31-36)37-25-27-43-41-20-10-12-22-47(41)56-50(43)32-37/h1-32H. The number of para-hydroxylation sites is 2. The summed E-state index contributed by atoms with van der Waals surface area (Å²) in [6.45, 7) is 0. The first-order valence-electron chi connectivity index (χ1n) is 19.2. The molecule has 0 amide bonds. The quantitative estimate of drug-likeness (QED) is 0.166. The smallest absolute Gasteiger partial charge is 0.0661 e. The first-order chi connectivity index (χ1) is 28.2. The minimum absolute atomic E-state index is 1.11. The van der Waals surface area contributed by atoms with Crippen molar-refractivity contribution in [2.24, 2.45) is 0 Å². The lowest BCUT2D eigenvalue weighted by molar-refractivity contribution is 1.27. The van der Waals surface area contributed by atoms with E-state index >= 15 is 0 Å². The molecule has 0 bridgehead atoms. The molecule has 3 heterocycles. The van der Waals surface area contributed by atoms with Gasteiger partial charge in [-0.25, -0.2) is 0 Å². The van der Waals surface area contributed by atoms with Crippen LogP contribution in [0.2, 0.25) is 0 Å². The SMILES string of the molecule is c1ccc(N(c2ccccc2)c2cc(N(c3ccc4c(c3)sc3ccccc34)c3ccc4c(c3)sc3ccccc34)c3sc4ccc5ccccc5c4c3c2)cc1. The van der Waals surface area contributed by atoms with Gasteiger partial charge in [-0.3, -0.25) is 0 Å². The first-order valence-corrected chi connectivity index (χ1v) is 21.6. The molecule has 3 aromatic heterocycles. The van der Waals surface area contributed by atoms with Crippen molar-refractivity contribution in [1.82, 2.24) is 0 Å². The van der Waals surface area contributed by atoms with Gasteiger partial charge in [-0.1, -0.05) is 115 Å². The Morgan fingerprint density at radius 3 is 1.42 bits per heavy atom. The Balaban J connectivity index is 1.20. The molecule has 2 nitrogen and oxygen atoms in total. The van der Waals surface area contributed by atoms with Gasteiger partial charge < -0.3 is 9.80 Å². The average Bonchev–Trinajstić information content (AvgIpc) is 3.96. The van der Waals surface area contributed by atoms with E-state index in [9.17, 15) is 0 Å². The summed E-state index contributed by atoms with van der Waals surface area (Å²) in [5, 5.41) is 10.3. The van der Waals surface area contributed by atoms with Gasteiger partial charge >= 0.3 is 0 Å². The number of fused-ring (bicyclic) bond motifs is 11. The Kier molecular flexibility index (Phi) is 7.48. The number of thiophene rings is 3. The lowest BCUT2D eigenvalue weighted by Gasteiger charge is -2.30. The molecule has 5 heteroatoms. The fraction of sp³-hybridized carbons (Fsp3) is 0. The Morgan fingerprint density at radius 1 is 0.281 bits per heavy atom. The van der Waals surface area contributed by atoms with Gasteiger partial charge in [0.25, 0.3) is 0 Å². The molecule has 0 spiro atoms. The number of hydrogen-bond donors (Lipinski definition) is 0. The molecule has 0 aliphatic rings. The fourth-order valence-corrected chi connectivity index (χ4v) is 12.1. The highest BCUT2D eigenvalue weighted by molar-refractivity contribution is 7.27. The molecule has 0 saturated carbocycles. The van der Waals surface area contributed by atoms with Gasteiger partial charge in [0.05, 0.1) is 10.4 Å². The molecular weight excluding hydrogens is 749 g/mol. The van der Waals surface area contributed by atoms with Gasteiger partial charge in [0, 0.05) is 84.3 Å². The molecule has 0 fully saturated rings. The van der Waals surface area contributed by atoms with Crippen molar-refractivity contribution < 1.29 is 0 Å². The van der Waals surface area contributed by atoms with Crippen LogP contribution < -0.4 is 9.80 Å². The average molecular weight is 781 g/mol. The second kappa shape index (κ2) is 13.0. The van der Waals surface area contributed by atoms with Gasteiger partial charge in [0.15, 0.2) is 0 Å². The minimum atomic E-state index is 1.11. The van der Waals surface area contributed by atoms with Crippen molar-refractivity contribution >= 4 is 139 Å². The summed E-state index contributed by atoms with van der Waals surface area (Å²) in [7, 11) is 0. The molecule has 268 valence electrons. The highest BCUT2D eigenvalue weighted by atomic mass is 32.1. The second-order valence-electron chi connectivity index (χ2n) is 14.5. The molecule has 0 aliphatic carbocycles. The molecule has 12 rings (SSSR count). The van der Waals surface area contributed by atoms with Crippen molar-refractivity contribution in [3.8, 4) is 0 Å². The lowest BCUT2D eigenvalue weighted by atomic mass is 10.0. The molecule has 12 aromatic rings. The highest BCUT2D eigenvalue weighted by Crippen LogP contribution is 2.51. The number of nitrogens with zero attached hydrogens (tertiary/aromatic N) is 2. The van der Waals surface area contributed by atoms with Gasteiger partial charge in [-0.05, 0) is 89.6 Å². The Bertz CT molecular complexity index is 3330. The molecule has 0 radical (unpaired) electrons. The van der Waals surface area contributed by atoms with E-state index in [0.29, 0.717) is 0 Å². The van der Waals surface area contributed by atoms with Crippen LogP contribution in [0.3, 0.4) is 0 Å².